The number of aryl methyl sites for hydroxylation is 1. The van der Waals surface area contributed by atoms with Crippen molar-refractivity contribution in [1.82, 2.24) is 20.2 Å². The van der Waals surface area contributed by atoms with E-state index in [9.17, 15) is 0 Å². The van der Waals surface area contributed by atoms with Crippen molar-refractivity contribution in [2.24, 2.45) is 7.05 Å². The first-order valence-corrected chi connectivity index (χ1v) is 9.11. The van der Waals surface area contributed by atoms with Gasteiger partial charge in [-0.3, -0.25) is 0 Å². The van der Waals surface area contributed by atoms with E-state index in [0.29, 0.717) is 47.3 Å². The number of hydrogen-bond donors (Lipinski definition) is 1. The first-order valence-electron chi connectivity index (χ1n) is 8.35. The van der Waals surface area contributed by atoms with Crippen LogP contribution in [0.5, 0.6) is 11.5 Å². The molecule has 0 saturated heterocycles. The van der Waals surface area contributed by atoms with Crippen LogP contribution in [0.3, 0.4) is 0 Å². The van der Waals surface area contributed by atoms with Crippen molar-refractivity contribution >= 4 is 29.2 Å². The molecule has 0 atom stereocenters. The molecule has 1 heterocycles. The zero-order valence-corrected chi connectivity index (χ0v) is 16.5. The molecule has 0 bridgehead atoms. The van der Waals surface area contributed by atoms with Gasteiger partial charge in [0.15, 0.2) is 11.5 Å². The Morgan fingerprint density at radius 3 is 2.63 bits per heavy atom. The van der Waals surface area contributed by atoms with Crippen LogP contribution in [0.1, 0.15) is 18.1 Å². The van der Waals surface area contributed by atoms with Gasteiger partial charge in [-0.1, -0.05) is 40.4 Å². The van der Waals surface area contributed by atoms with Gasteiger partial charge in [0, 0.05) is 29.7 Å². The second kappa shape index (κ2) is 8.92. The highest BCUT2D eigenvalue weighted by molar-refractivity contribution is 6.31. The van der Waals surface area contributed by atoms with Gasteiger partial charge in [-0.15, -0.1) is 0 Å². The third-order valence-electron chi connectivity index (χ3n) is 3.75. The predicted octanol–water partition coefficient (Wildman–Crippen LogP) is 4.11. The molecule has 27 heavy (non-hydrogen) atoms. The average molecular weight is 408 g/mol. The van der Waals surface area contributed by atoms with Crippen LogP contribution in [0.25, 0.3) is 0 Å². The minimum atomic E-state index is 0.360. The summed E-state index contributed by atoms with van der Waals surface area (Å²) in [6.07, 6.45) is 0. The number of nitrogens with zero attached hydrogens (tertiary/aromatic N) is 4. The van der Waals surface area contributed by atoms with E-state index in [1.54, 1.807) is 17.8 Å². The maximum absolute atomic E-state index is 6.43. The molecular weight excluding hydrogens is 389 g/mol. The summed E-state index contributed by atoms with van der Waals surface area (Å²) in [7, 11) is 1.75. The average Bonchev–Trinajstić information content (AvgIpc) is 3.05. The van der Waals surface area contributed by atoms with E-state index in [2.05, 4.69) is 20.8 Å². The van der Waals surface area contributed by atoms with Crippen molar-refractivity contribution in [3.05, 3.63) is 57.6 Å². The van der Waals surface area contributed by atoms with E-state index in [0.717, 1.165) is 11.1 Å². The fraction of sp³-hybridized carbons (Fsp3) is 0.278. The molecule has 0 aliphatic carbocycles. The monoisotopic (exact) mass is 407 g/mol. The van der Waals surface area contributed by atoms with Gasteiger partial charge >= 0.3 is 0 Å². The molecule has 0 aliphatic rings. The Kier molecular flexibility index (Phi) is 6.36. The first kappa shape index (κ1) is 19.3. The number of halogens is 2. The van der Waals surface area contributed by atoms with Crippen molar-refractivity contribution in [2.45, 2.75) is 20.1 Å². The molecule has 142 valence electrons. The Morgan fingerprint density at radius 2 is 1.93 bits per heavy atom. The van der Waals surface area contributed by atoms with Crippen molar-refractivity contribution in [1.29, 1.82) is 0 Å². The maximum atomic E-state index is 6.43. The number of tetrazole rings is 1. The summed E-state index contributed by atoms with van der Waals surface area (Å²) in [6, 6.07) is 11.1. The zero-order valence-electron chi connectivity index (χ0n) is 14.9. The van der Waals surface area contributed by atoms with E-state index in [1.807, 2.05) is 37.3 Å². The van der Waals surface area contributed by atoms with Crippen LogP contribution < -0.4 is 14.8 Å². The fourth-order valence-electron chi connectivity index (χ4n) is 2.44. The van der Waals surface area contributed by atoms with Crippen molar-refractivity contribution in [2.75, 3.05) is 11.9 Å². The van der Waals surface area contributed by atoms with Crippen LogP contribution in [-0.4, -0.2) is 26.8 Å². The summed E-state index contributed by atoms with van der Waals surface area (Å²) in [5, 5.41) is 15.6. The highest BCUT2D eigenvalue weighted by Gasteiger charge is 2.13. The smallest absolute Gasteiger partial charge is 0.242 e. The Morgan fingerprint density at radius 1 is 1.11 bits per heavy atom. The Bertz CT molecular complexity index is 917. The number of ether oxygens (including phenoxy) is 2. The summed E-state index contributed by atoms with van der Waals surface area (Å²) >= 11 is 12.5. The van der Waals surface area contributed by atoms with Gasteiger partial charge in [0.2, 0.25) is 5.95 Å². The lowest BCUT2D eigenvalue weighted by Crippen LogP contribution is -2.07. The predicted molar refractivity (Wildman–Crippen MR) is 105 cm³/mol. The highest BCUT2D eigenvalue weighted by atomic mass is 35.5. The fourth-order valence-corrected chi connectivity index (χ4v) is 2.87. The van der Waals surface area contributed by atoms with Crippen LogP contribution in [0.15, 0.2) is 36.4 Å². The molecule has 9 heteroatoms. The number of nitrogens with one attached hydrogen (secondary N) is 1. The summed E-state index contributed by atoms with van der Waals surface area (Å²) in [4.78, 5) is 0. The van der Waals surface area contributed by atoms with E-state index in [4.69, 9.17) is 32.7 Å². The minimum Gasteiger partial charge on any atom is -0.490 e. The first-order chi connectivity index (χ1) is 13.1. The van der Waals surface area contributed by atoms with Gasteiger partial charge in [0.05, 0.1) is 6.61 Å². The van der Waals surface area contributed by atoms with Gasteiger partial charge in [-0.25, -0.2) is 4.68 Å². The number of hydrogen-bond acceptors (Lipinski definition) is 6. The van der Waals surface area contributed by atoms with Crippen LogP contribution in [0.4, 0.5) is 5.95 Å². The molecule has 0 spiro atoms. The molecule has 1 aromatic heterocycles. The number of aromatic nitrogens is 4. The third-order valence-corrected chi connectivity index (χ3v) is 4.34. The van der Waals surface area contributed by atoms with Crippen molar-refractivity contribution in [3.63, 3.8) is 0 Å². The number of benzene rings is 2. The molecule has 0 saturated carbocycles. The van der Waals surface area contributed by atoms with Gasteiger partial charge in [0.1, 0.15) is 6.61 Å². The zero-order chi connectivity index (χ0) is 19.2. The van der Waals surface area contributed by atoms with Gasteiger partial charge < -0.3 is 14.8 Å². The maximum Gasteiger partial charge on any atom is 0.242 e. The topological polar surface area (TPSA) is 74.1 Å². The second-order valence-corrected chi connectivity index (χ2v) is 6.57. The van der Waals surface area contributed by atoms with Crippen LogP contribution in [0, 0.1) is 0 Å². The quantitative estimate of drug-likeness (QED) is 0.605. The summed E-state index contributed by atoms with van der Waals surface area (Å²) < 4.78 is 13.2. The molecule has 3 aromatic rings. The van der Waals surface area contributed by atoms with Crippen molar-refractivity contribution in [3.8, 4) is 11.5 Å². The molecule has 2 aromatic carbocycles. The molecule has 0 radical (unpaired) electrons. The lowest BCUT2D eigenvalue weighted by atomic mass is 10.2. The van der Waals surface area contributed by atoms with Crippen LogP contribution >= 0.6 is 23.2 Å². The molecule has 0 fully saturated rings. The van der Waals surface area contributed by atoms with Gasteiger partial charge in [-0.05, 0) is 46.7 Å². The Hall–Kier alpha value is -2.51. The van der Waals surface area contributed by atoms with Crippen LogP contribution in [-0.2, 0) is 20.2 Å². The van der Waals surface area contributed by atoms with E-state index in [1.165, 1.54) is 0 Å². The Balaban J connectivity index is 1.75. The molecule has 7 nitrogen and oxygen atoms in total. The lowest BCUT2D eigenvalue weighted by molar-refractivity contribution is 0.269. The molecule has 3 rings (SSSR count). The van der Waals surface area contributed by atoms with Gasteiger partial charge in [-0.2, -0.15) is 0 Å². The minimum absolute atomic E-state index is 0.360. The molecule has 0 aliphatic heterocycles. The number of rotatable bonds is 8. The summed E-state index contributed by atoms with van der Waals surface area (Å²) in [6.45, 7) is 3.23. The highest BCUT2D eigenvalue weighted by Crippen LogP contribution is 2.34. The van der Waals surface area contributed by atoms with Gasteiger partial charge in [0.25, 0.3) is 0 Å². The largest absolute Gasteiger partial charge is 0.490 e. The van der Waals surface area contributed by atoms with Crippen molar-refractivity contribution < 1.29 is 9.47 Å². The summed E-state index contributed by atoms with van der Waals surface area (Å²) in [5.74, 6) is 1.74. The molecule has 0 amide bonds. The second-order valence-electron chi connectivity index (χ2n) is 5.72. The van der Waals surface area contributed by atoms with E-state index < -0.39 is 0 Å². The molecule has 1 N–H and O–H groups in total. The summed E-state index contributed by atoms with van der Waals surface area (Å²) in [5.41, 5.74) is 1.81. The standard InChI is InChI=1S/C18H19Cl2N5O2/c1-3-26-16-8-13(10-21-18-22-23-24-25(18)2)15(20)9-17(16)27-11-12-5-4-6-14(19)7-12/h4-9H,3,10-11H2,1-2H3,(H,21,22,24). The third kappa shape index (κ3) is 5.02. The normalized spacial score (nSPS) is 10.7. The van der Waals surface area contributed by atoms with E-state index >= 15 is 0 Å². The SMILES string of the molecule is CCOc1cc(CNc2nnnn2C)c(Cl)cc1OCc1cccc(Cl)c1. The molecular formula is C18H19Cl2N5O2. The molecule has 0 unspecified atom stereocenters. The van der Waals surface area contributed by atoms with E-state index in [-0.39, 0.29) is 0 Å². The number of anilines is 1. The van der Waals surface area contributed by atoms with Crippen LogP contribution in [0.2, 0.25) is 10.0 Å². The Labute approximate surface area is 167 Å². The lowest BCUT2D eigenvalue weighted by Gasteiger charge is -2.15.